The number of aromatic amines is 1. The minimum absolute atomic E-state index is 0.0205. The number of carbonyl (C=O) groups is 2. The molecular weight excluding hydrogens is 736 g/mol. The fraction of sp³-hybridized carbons (Fsp3) is 0.345. The number of hydrogen-bond acceptors (Lipinski definition) is 11. The Balaban J connectivity index is 0.00000345. The summed E-state index contributed by atoms with van der Waals surface area (Å²) in [5.74, 6) is -3.07. The van der Waals surface area contributed by atoms with Crippen LogP contribution in [0.2, 0.25) is 0 Å². The molecule has 0 bridgehead atoms. The van der Waals surface area contributed by atoms with Gasteiger partial charge in [0.1, 0.15) is 27.8 Å². The summed E-state index contributed by atoms with van der Waals surface area (Å²) in [7, 11) is -4.63. The van der Waals surface area contributed by atoms with Crippen LogP contribution in [0.3, 0.4) is 0 Å². The first kappa shape index (κ1) is 40.5. The predicted molar refractivity (Wildman–Crippen MR) is 174 cm³/mol. The first-order valence-electron chi connectivity index (χ1n) is 14.6. The van der Waals surface area contributed by atoms with Gasteiger partial charge in [0.05, 0.1) is 4.91 Å². The maximum absolute atomic E-state index is 13.8. The van der Waals surface area contributed by atoms with Crippen LogP contribution in [-0.4, -0.2) is 78.1 Å². The number of aromatic nitrogens is 3. The number of sulfonamides is 1. The summed E-state index contributed by atoms with van der Waals surface area (Å²) < 4.78 is 111. The lowest BCUT2D eigenvalue weighted by molar-refractivity contribution is -0.305. The van der Waals surface area contributed by atoms with Crippen LogP contribution in [0.1, 0.15) is 36.8 Å². The molecule has 3 aromatic rings. The fourth-order valence-electron chi connectivity index (χ4n) is 4.51. The van der Waals surface area contributed by atoms with Crippen molar-refractivity contribution in [1.29, 1.82) is 0 Å². The van der Waals surface area contributed by atoms with Crippen LogP contribution in [0.15, 0.2) is 64.5 Å². The normalized spacial score (nSPS) is 16.3. The van der Waals surface area contributed by atoms with E-state index in [0.717, 1.165) is 52.9 Å². The van der Waals surface area contributed by atoms with E-state index in [9.17, 15) is 49.1 Å². The number of nitrogens with zero attached hydrogens (tertiary/aromatic N) is 4. The van der Waals surface area contributed by atoms with Gasteiger partial charge in [-0.05, 0) is 42.8 Å². The van der Waals surface area contributed by atoms with Crippen molar-refractivity contribution in [1.82, 2.24) is 24.8 Å². The lowest BCUT2D eigenvalue weighted by Crippen LogP contribution is -2.60. The Morgan fingerprint density at radius 3 is 2.33 bits per heavy atom. The molecule has 1 atom stereocenters. The summed E-state index contributed by atoms with van der Waals surface area (Å²) in [5, 5.41) is 8.37. The zero-order chi connectivity index (χ0) is 38.3. The molecule has 51 heavy (non-hydrogen) atoms. The van der Waals surface area contributed by atoms with Gasteiger partial charge >= 0.3 is 12.7 Å². The van der Waals surface area contributed by atoms with Gasteiger partial charge in [0.2, 0.25) is 15.9 Å². The standard InChI is InChI=1S/C27H25F6N7O7S2.C2H6/c1-3-17(9-4-14(2)46-26(28,29)30)49(44,45)40-11-10-39(25-36-19-20(22(34)41)37-38-24(43)21(19)48-25)13-18(40)23(42)35-12-15-5-7-16(8-6-15)47-27(31,32)33;1-2/h3-9,18H,1,10-13H2,2H3,(H2,34,41)(H,35,42)(H,38,43);1-2H3/b14-4+,17-9+;/t18-;/m1./s1. The summed E-state index contributed by atoms with van der Waals surface area (Å²) in [6.07, 6.45) is -7.54. The van der Waals surface area contributed by atoms with Gasteiger partial charge in [-0.2, -0.15) is 9.40 Å². The maximum Gasteiger partial charge on any atom is 0.573 e. The van der Waals surface area contributed by atoms with Crippen LogP contribution >= 0.6 is 11.3 Å². The van der Waals surface area contributed by atoms with E-state index in [1.54, 1.807) is 0 Å². The van der Waals surface area contributed by atoms with Crippen molar-refractivity contribution in [3.63, 3.8) is 0 Å². The van der Waals surface area contributed by atoms with E-state index >= 15 is 0 Å². The van der Waals surface area contributed by atoms with E-state index in [2.05, 4.69) is 36.6 Å². The first-order valence-corrected chi connectivity index (χ1v) is 16.9. The highest BCUT2D eigenvalue weighted by atomic mass is 32.2. The quantitative estimate of drug-likeness (QED) is 0.146. The Labute approximate surface area is 290 Å². The number of allylic oxidation sites excluding steroid dienone is 4. The summed E-state index contributed by atoms with van der Waals surface area (Å²) in [4.78, 5) is 43.0. The smallest absolute Gasteiger partial charge is 0.411 e. The number of H-pyrrole nitrogens is 1. The molecule has 1 saturated heterocycles. The molecular formula is C29H31F6N7O7S2. The molecule has 1 aliphatic rings. The van der Waals surface area contributed by atoms with Gasteiger partial charge in [0.15, 0.2) is 10.8 Å². The highest BCUT2D eigenvalue weighted by Crippen LogP contribution is 2.31. The number of ether oxygens (including phenoxy) is 2. The minimum Gasteiger partial charge on any atom is -0.411 e. The van der Waals surface area contributed by atoms with Gasteiger partial charge in [-0.25, -0.2) is 18.5 Å². The van der Waals surface area contributed by atoms with Gasteiger partial charge in [-0.1, -0.05) is 43.9 Å². The van der Waals surface area contributed by atoms with Crippen molar-refractivity contribution in [2.45, 2.75) is 46.1 Å². The number of piperazine rings is 1. The third-order valence-corrected chi connectivity index (χ3v) is 9.71. The number of benzene rings is 1. The second kappa shape index (κ2) is 16.4. The highest BCUT2D eigenvalue weighted by molar-refractivity contribution is 7.93. The van der Waals surface area contributed by atoms with Crippen molar-refractivity contribution in [3.8, 4) is 5.75 Å². The Morgan fingerprint density at radius 2 is 1.76 bits per heavy atom. The van der Waals surface area contributed by atoms with E-state index in [1.165, 1.54) is 17.0 Å². The predicted octanol–water partition coefficient (Wildman–Crippen LogP) is 4.05. The number of primary amides is 1. The number of halogens is 6. The molecule has 0 spiro atoms. The van der Waals surface area contributed by atoms with Gasteiger partial charge in [0.25, 0.3) is 11.5 Å². The third-order valence-electron chi connectivity index (χ3n) is 6.64. The van der Waals surface area contributed by atoms with Crippen molar-refractivity contribution >= 4 is 48.5 Å². The Hall–Kier alpha value is -4.96. The summed E-state index contributed by atoms with van der Waals surface area (Å²) in [6, 6.07) is 2.96. The van der Waals surface area contributed by atoms with Crippen molar-refractivity contribution in [3.05, 3.63) is 81.3 Å². The molecule has 1 aliphatic heterocycles. The average Bonchev–Trinajstić information content (AvgIpc) is 3.50. The number of anilines is 1. The second-order valence-corrected chi connectivity index (χ2v) is 12.9. The molecule has 2 aromatic heterocycles. The molecule has 14 nitrogen and oxygen atoms in total. The van der Waals surface area contributed by atoms with E-state index in [0.29, 0.717) is 5.56 Å². The molecule has 22 heteroatoms. The molecule has 0 radical (unpaired) electrons. The summed E-state index contributed by atoms with van der Waals surface area (Å²) in [6.45, 7) is 7.23. The number of alkyl halides is 6. The number of rotatable bonds is 11. The minimum atomic E-state index is -5.04. The lowest BCUT2D eigenvalue weighted by Gasteiger charge is -2.39. The van der Waals surface area contributed by atoms with Crippen LogP contribution in [0, 0.1) is 0 Å². The molecule has 4 rings (SSSR count). The summed E-state index contributed by atoms with van der Waals surface area (Å²) >= 11 is 0.817. The van der Waals surface area contributed by atoms with E-state index in [1.807, 2.05) is 13.8 Å². The largest absolute Gasteiger partial charge is 0.573 e. The molecule has 4 N–H and O–H groups in total. The monoisotopic (exact) mass is 767 g/mol. The maximum atomic E-state index is 13.8. The SMILES string of the molecule is C=C/C(=C\C=C(/C)OC(F)(F)F)S(=O)(=O)N1CCN(c2nc3c(C(N)=O)n[nH]c(=O)c3s2)C[C@@H]1C(=O)NCc1ccc(OC(F)(F)F)cc1.CC. The molecule has 0 aliphatic carbocycles. The Kier molecular flexibility index (Phi) is 13.0. The van der Waals surface area contributed by atoms with Crippen LogP contribution in [-0.2, 0) is 26.1 Å². The average molecular weight is 768 g/mol. The first-order chi connectivity index (χ1) is 23.8. The number of nitrogens with one attached hydrogen (secondary N) is 2. The van der Waals surface area contributed by atoms with Crippen LogP contribution in [0.4, 0.5) is 31.5 Å². The van der Waals surface area contributed by atoms with Crippen LogP contribution < -0.4 is 26.2 Å². The van der Waals surface area contributed by atoms with E-state index < -0.39 is 62.6 Å². The van der Waals surface area contributed by atoms with Gasteiger partial charge in [-0.15, -0.1) is 26.3 Å². The van der Waals surface area contributed by atoms with E-state index in [-0.39, 0.29) is 47.2 Å². The molecule has 1 fully saturated rings. The van der Waals surface area contributed by atoms with Gasteiger partial charge < -0.3 is 25.4 Å². The zero-order valence-corrected chi connectivity index (χ0v) is 28.6. The molecule has 2 amide bonds. The number of fused-ring (bicyclic) bond motifs is 1. The number of carbonyl (C=O) groups excluding carboxylic acids is 2. The van der Waals surface area contributed by atoms with Crippen LogP contribution in [0.5, 0.6) is 5.75 Å². The number of amides is 2. The topological polar surface area (TPSA) is 190 Å². The lowest BCUT2D eigenvalue weighted by atomic mass is 10.1. The second-order valence-electron chi connectivity index (χ2n) is 10.0. The number of hydrogen-bond donors (Lipinski definition) is 3. The Morgan fingerprint density at radius 1 is 1.12 bits per heavy atom. The van der Waals surface area contributed by atoms with Gasteiger partial charge in [0, 0.05) is 26.2 Å². The third kappa shape index (κ3) is 10.5. The number of thiazole rings is 1. The Bertz CT molecular complexity index is 1980. The summed E-state index contributed by atoms with van der Waals surface area (Å²) in [5.41, 5.74) is 4.51. The molecule has 3 heterocycles. The highest BCUT2D eigenvalue weighted by Gasteiger charge is 2.41. The van der Waals surface area contributed by atoms with E-state index in [4.69, 9.17) is 5.73 Å². The van der Waals surface area contributed by atoms with Crippen molar-refractivity contribution < 1.29 is 53.8 Å². The molecule has 0 unspecified atom stereocenters. The fourth-order valence-corrected chi connectivity index (χ4v) is 7.04. The van der Waals surface area contributed by atoms with Crippen molar-refractivity contribution in [2.24, 2.45) is 5.73 Å². The molecule has 1 aromatic carbocycles. The molecule has 0 saturated carbocycles. The van der Waals surface area contributed by atoms with Crippen molar-refractivity contribution in [2.75, 3.05) is 24.5 Å². The van der Waals surface area contributed by atoms with Gasteiger partial charge in [-0.3, -0.25) is 14.4 Å². The number of nitrogens with two attached hydrogens (primary N) is 1. The van der Waals surface area contributed by atoms with Crippen LogP contribution in [0.25, 0.3) is 10.2 Å². The zero-order valence-electron chi connectivity index (χ0n) is 27.0. The molecule has 278 valence electrons.